The molecular weight excluding hydrogens is 650 g/mol. The van der Waals surface area contributed by atoms with Crippen LogP contribution in [0.3, 0.4) is 0 Å². The minimum Gasteiger partial charge on any atom is -0.352 e. The summed E-state index contributed by atoms with van der Waals surface area (Å²) in [5.41, 5.74) is -1.17. The fourth-order valence-corrected chi connectivity index (χ4v) is 7.30. The van der Waals surface area contributed by atoms with Crippen molar-refractivity contribution in [2.75, 3.05) is 10.8 Å². The van der Waals surface area contributed by atoms with Gasteiger partial charge in [0.2, 0.25) is 11.8 Å². The lowest BCUT2D eigenvalue weighted by Crippen LogP contribution is -2.54. The molecule has 242 valence electrons. The molecule has 0 unspecified atom stereocenters. The van der Waals surface area contributed by atoms with E-state index < -0.39 is 51.9 Å². The molecule has 1 atom stereocenters. The van der Waals surface area contributed by atoms with Gasteiger partial charge in [0.15, 0.2) is 0 Å². The molecule has 1 fully saturated rings. The molecule has 0 bridgehead atoms. The van der Waals surface area contributed by atoms with E-state index in [9.17, 15) is 31.2 Å². The van der Waals surface area contributed by atoms with Crippen molar-refractivity contribution in [3.05, 3.63) is 94.0 Å². The second-order valence-electron chi connectivity index (χ2n) is 10.9. The van der Waals surface area contributed by atoms with Crippen molar-refractivity contribution in [2.24, 2.45) is 0 Å². The average Bonchev–Trinajstić information content (AvgIpc) is 3.01. The van der Waals surface area contributed by atoms with Crippen LogP contribution in [-0.2, 0) is 32.3 Å². The SMILES string of the molecule is CC[C@H](C(=O)NC1CCCCC1)N(Cc1ccccc1Cl)C(=O)CN(c1cc(C(F)(F)F)ccc1Cl)S(=O)(=O)c1ccccc1. The maximum Gasteiger partial charge on any atom is 0.416 e. The first-order chi connectivity index (χ1) is 21.3. The molecular formula is C32H34Cl2F3N3O4S. The van der Waals surface area contributed by atoms with E-state index in [4.69, 9.17) is 23.2 Å². The summed E-state index contributed by atoms with van der Waals surface area (Å²) in [5.74, 6) is -1.23. The molecule has 0 aliphatic heterocycles. The highest BCUT2D eigenvalue weighted by molar-refractivity contribution is 7.92. The number of benzene rings is 3. The van der Waals surface area contributed by atoms with E-state index in [1.54, 1.807) is 37.3 Å². The lowest BCUT2D eigenvalue weighted by atomic mass is 9.95. The molecule has 7 nitrogen and oxygen atoms in total. The van der Waals surface area contributed by atoms with Gasteiger partial charge < -0.3 is 10.2 Å². The smallest absolute Gasteiger partial charge is 0.352 e. The van der Waals surface area contributed by atoms with Crippen LogP contribution in [0.4, 0.5) is 18.9 Å². The number of nitrogens with one attached hydrogen (secondary N) is 1. The summed E-state index contributed by atoms with van der Waals surface area (Å²) in [6.07, 6.45) is -0.0151. The lowest BCUT2D eigenvalue weighted by molar-refractivity contribution is -0.140. The van der Waals surface area contributed by atoms with Crippen LogP contribution < -0.4 is 9.62 Å². The molecule has 3 aromatic rings. The number of carbonyl (C=O) groups excluding carboxylic acids is 2. The number of carbonyl (C=O) groups is 2. The fourth-order valence-electron chi connectivity index (χ4n) is 5.39. The Bertz CT molecular complexity index is 1600. The van der Waals surface area contributed by atoms with Gasteiger partial charge in [0.25, 0.3) is 10.0 Å². The van der Waals surface area contributed by atoms with Gasteiger partial charge in [-0.1, -0.05) is 85.8 Å². The summed E-state index contributed by atoms with van der Waals surface area (Å²) in [4.78, 5) is 28.8. The second-order valence-corrected chi connectivity index (χ2v) is 13.5. The molecule has 1 saturated carbocycles. The van der Waals surface area contributed by atoms with Crippen LogP contribution in [0.5, 0.6) is 0 Å². The molecule has 0 heterocycles. The van der Waals surface area contributed by atoms with Crippen molar-refractivity contribution >= 4 is 50.7 Å². The number of anilines is 1. The van der Waals surface area contributed by atoms with Crippen molar-refractivity contribution in [3.8, 4) is 0 Å². The molecule has 1 aliphatic carbocycles. The molecule has 13 heteroatoms. The number of nitrogens with zero attached hydrogens (tertiary/aromatic N) is 2. The number of sulfonamides is 1. The van der Waals surface area contributed by atoms with Crippen molar-refractivity contribution in [1.82, 2.24) is 10.2 Å². The molecule has 1 aliphatic rings. The molecule has 1 N–H and O–H groups in total. The van der Waals surface area contributed by atoms with E-state index in [1.165, 1.54) is 29.2 Å². The van der Waals surface area contributed by atoms with Gasteiger partial charge in [-0.3, -0.25) is 13.9 Å². The second kappa shape index (κ2) is 14.9. The Kier molecular flexibility index (Phi) is 11.4. The van der Waals surface area contributed by atoms with Crippen molar-refractivity contribution in [2.45, 2.75) is 75.1 Å². The molecule has 0 spiro atoms. The molecule has 3 aromatic carbocycles. The van der Waals surface area contributed by atoms with E-state index >= 15 is 0 Å². The summed E-state index contributed by atoms with van der Waals surface area (Å²) < 4.78 is 69.7. The maximum absolute atomic E-state index is 14.2. The predicted molar refractivity (Wildman–Crippen MR) is 169 cm³/mol. The van der Waals surface area contributed by atoms with Gasteiger partial charge in [-0.15, -0.1) is 0 Å². The summed E-state index contributed by atoms with van der Waals surface area (Å²) in [6, 6.07) is 14.9. The summed E-state index contributed by atoms with van der Waals surface area (Å²) >= 11 is 12.7. The standard InChI is InChI=1S/C32H34Cl2F3N3O4S/c1-2-28(31(42)38-24-12-5-3-6-13-24)39(20-22-11-9-10-16-26(22)33)30(41)21-40(45(43,44)25-14-7-4-8-15-25)29-19-23(32(35,36)37)17-18-27(29)34/h4,7-11,14-19,24,28H,2-3,5-6,12-13,20-21H2,1H3,(H,38,42)/t28-/m1/s1. The third-order valence-electron chi connectivity index (χ3n) is 7.79. The maximum atomic E-state index is 14.2. The Balaban J connectivity index is 1.78. The molecule has 0 aromatic heterocycles. The summed E-state index contributed by atoms with van der Waals surface area (Å²) in [7, 11) is -4.62. The number of hydrogen-bond acceptors (Lipinski definition) is 4. The third kappa shape index (κ3) is 8.51. The van der Waals surface area contributed by atoms with Gasteiger partial charge in [0.05, 0.1) is 21.2 Å². The van der Waals surface area contributed by atoms with E-state index in [-0.39, 0.29) is 28.9 Å². The lowest BCUT2D eigenvalue weighted by Gasteiger charge is -2.35. The molecule has 45 heavy (non-hydrogen) atoms. The number of amides is 2. The highest BCUT2D eigenvalue weighted by Gasteiger charge is 2.37. The highest BCUT2D eigenvalue weighted by atomic mass is 35.5. The zero-order valence-electron chi connectivity index (χ0n) is 24.6. The summed E-state index contributed by atoms with van der Waals surface area (Å²) in [5, 5.41) is 3.05. The van der Waals surface area contributed by atoms with Crippen LogP contribution in [0.2, 0.25) is 10.0 Å². The van der Waals surface area contributed by atoms with E-state index in [2.05, 4.69) is 5.32 Å². The van der Waals surface area contributed by atoms with Gasteiger partial charge in [-0.05, 0) is 61.2 Å². The molecule has 2 amide bonds. The van der Waals surface area contributed by atoms with Crippen molar-refractivity contribution < 1.29 is 31.2 Å². The number of rotatable bonds is 11. The Labute approximate surface area is 271 Å². The predicted octanol–water partition coefficient (Wildman–Crippen LogP) is 7.46. The van der Waals surface area contributed by atoms with Gasteiger partial charge in [-0.2, -0.15) is 13.2 Å². The summed E-state index contributed by atoms with van der Waals surface area (Å²) in [6.45, 7) is 0.640. The van der Waals surface area contributed by atoms with Crippen LogP contribution in [0.25, 0.3) is 0 Å². The van der Waals surface area contributed by atoms with E-state index in [0.29, 0.717) is 21.0 Å². The topological polar surface area (TPSA) is 86.8 Å². The van der Waals surface area contributed by atoms with Crippen LogP contribution in [0.1, 0.15) is 56.6 Å². The Morgan fingerprint density at radius 3 is 2.20 bits per heavy atom. The molecule has 0 saturated heterocycles. The normalized spacial score (nSPS) is 14.9. The first-order valence-corrected chi connectivity index (χ1v) is 16.8. The first-order valence-electron chi connectivity index (χ1n) is 14.6. The quantitative estimate of drug-likeness (QED) is 0.227. The Morgan fingerprint density at radius 1 is 0.933 bits per heavy atom. The monoisotopic (exact) mass is 683 g/mol. The fraction of sp³-hybridized carbons (Fsp3) is 0.375. The van der Waals surface area contributed by atoms with Crippen LogP contribution >= 0.6 is 23.2 Å². The molecule has 4 rings (SSSR count). The number of alkyl halides is 3. The van der Waals surface area contributed by atoms with Crippen molar-refractivity contribution in [3.63, 3.8) is 0 Å². The van der Waals surface area contributed by atoms with E-state index in [1.807, 2.05) is 0 Å². The van der Waals surface area contributed by atoms with Crippen LogP contribution in [-0.4, -0.2) is 43.8 Å². The third-order valence-corrected chi connectivity index (χ3v) is 10.3. The molecule has 0 radical (unpaired) electrons. The van der Waals surface area contributed by atoms with Crippen LogP contribution in [0.15, 0.2) is 77.7 Å². The zero-order chi connectivity index (χ0) is 32.8. The van der Waals surface area contributed by atoms with Crippen molar-refractivity contribution in [1.29, 1.82) is 0 Å². The van der Waals surface area contributed by atoms with E-state index in [0.717, 1.165) is 44.2 Å². The van der Waals surface area contributed by atoms with Gasteiger partial charge in [0, 0.05) is 17.6 Å². The van der Waals surface area contributed by atoms with Gasteiger partial charge >= 0.3 is 6.18 Å². The minimum absolute atomic E-state index is 0.0589. The highest BCUT2D eigenvalue weighted by Crippen LogP contribution is 2.37. The number of halogens is 5. The zero-order valence-corrected chi connectivity index (χ0v) is 26.9. The Hall–Kier alpha value is -3.28. The largest absolute Gasteiger partial charge is 0.416 e. The van der Waals surface area contributed by atoms with Gasteiger partial charge in [0.1, 0.15) is 12.6 Å². The first kappa shape index (κ1) is 34.6. The Morgan fingerprint density at radius 2 is 1.58 bits per heavy atom. The van der Waals surface area contributed by atoms with Gasteiger partial charge in [-0.25, -0.2) is 8.42 Å². The average molecular weight is 685 g/mol. The van der Waals surface area contributed by atoms with Crippen LogP contribution in [0, 0.1) is 0 Å². The number of hydrogen-bond donors (Lipinski definition) is 1. The minimum atomic E-state index is -4.81.